The molecule has 0 aliphatic heterocycles. The predicted molar refractivity (Wildman–Crippen MR) is 64.8 cm³/mol. The third-order valence-electron chi connectivity index (χ3n) is 3.17. The second-order valence-corrected chi connectivity index (χ2v) is 4.83. The fraction of sp³-hybridized carbons (Fsp3) is 0.538. The summed E-state index contributed by atoms with van der Waals surface area (Å²) in [7, 11) is 0. The summed E-state index contributed by atoms with van der Waals surface area (Å²) in [5.74, 6) is 0. The molecule has 0 radical (unpaired) electrons. The van der Waals surface area contributed by atoms with Crippen molar-refractivity contribution in [2.24, 2.45) is 0 Å². The summed E-state index contributed by atoms with van der Waals surface area (Å²) in [6.45, 7) is 3.43. The Hall–Kier alpha value is -1.02. The Morgan fingerprint density at radius 2 is 1.93 bits per heavy atom. The van der Waals surface area contributed by atoms with Gasteiger partial charge in [0.15, 0.2) is 0 Å². The summed E-state index contributed by atoms with van der Waals surface area (Å²) in [5.41, 5.74) is 8.34. The number of hydrogen-bond donors (Lipinski definition) is 2. The first-order valence-corrected chi connectivity index (χ1v) is 5.77. The van der Waals surface area contributed by atoms with E-state index >= 15 is 0 Å². The van der Waals surface area contributed by atoms with Crippen molar-refractivity contribution in [1.82, 2.24) is 5.32 Å². The molecule has 1 saturated carbocycles. The van der Waals surface area contributed by atoms with Gasteiger partial charge in [0.2, 0.25) is 0 Å². The first-order valence-electron chi connectivity index (χ1n) is 5.77. The quantitative estimate of drug-likeness (QED) is 0.570. The molecule has 0 bridgehead atoms. The van der Waals surface area contributed by atoms with E-state index in [1.54, 1.807) is 0 Å². The molecule has 1 fully saturated rings. The first kappa shape index (κ1) is 10.5. The van der Waals surface area contributed by atoms with Crippen molar-refractivity contribution in [3.05, 3.63) is 29.8 Å². The molecule has 2 heteroatoms. The van der Waals surface area contributed by atoms with Crippen molar-refractivity contribution in [1.29, 1.82) is 0 Å². The smallest absolute Gasteiger partial charge is 0.0314 e. The van der Waals surface area contributed by atoms with Gasteiger partial charge < -0.3 is 11.1 Å². The SMILES string of the molecule is CC1(NCCCc2ccc(N)cc2)CC1. The van der Waals surface area contributed by atoms with E-state index in [4.69, 9.17) is 5.73 Å². The summed E-state index contributed by atoms with van der Waals surface area (Å²) in [6.07, 6.45) is 5.03. The maximum Gasteiger partial charge on any atom is 0.0314 e. The lowest BCUT2D eigenvalue weighted by Crippen LogP contribution is -2.28. The third kappa shape index (κ3) is 3.24. The predicted octanol–water partition coefficient (Wildman–Crippen LogP) is 2.34. The van der Waals surface area contributed by atoms with Gasteiger partial charge in [-0.15, -0.1) is 0 Å². The first-order chi connectivity index (χ1) is 7.18. The number of hydrogen-bond acceptors (Lipinski definition) is 2. The van der Waals surface area contributed by atoms with E-state index in [1.165, 1.54) is 24.8 Å². The van der Waals surface area contributed by atoms with E-state index in [9.17, 15) is 0 Å². The van der Waals surface area contributed by atoms with Crippen LogP contribution in [0.3, 0.4) is 0 Å². The molecule has 1 aromatic rings. The normalized spacial score (nSPS) is 17.7. The van der Waals surface area contributed by atoms with Gasteiger partial charge >= 0.3 is 0 Å². The molecular weight excluding hydrogens is 184 g/mol. The van der Waals surface area contributed by atoms with Crippen molar-refractivity contribution < 1.29 is 0 Å². The van der Waals surface area contributed by atoms with Crippen LogP contribution >= 0.6 is 0 Å². The molecule has 0 atom stereocenters. The largest absolute Gasteiger partial charge is 0.399 e. The van der Waals surface area contributed by atoms with Gasteiger partial charge in [0.1, 0.15) is 0 Å². The zero-order chi connectivity index (χ0) is 10.7. The van der Waals surface area contributed by atoms with Gasteiger partial charge in [0.25, 0.3) is 0 Å². The third-order valence-corrected chi connectivity index (χ3v) is 3.17. The lowest BCUT2D eigenvalue weighted by Gasteiger charge is -2.10. The van der Waals surface area contributed by atoms with Gasteiger partial charge in [-0.1, -0.05) is 12.1 Å². The van der Waals surface area contributed by atoms with Crippen LogP contribution in [-0.2, 0) is 6.42 Å². The molecule has 0 spiro atoms. The van der Waals surface area contributed by atoms with E-state index in [1.807, 2.05) is 12.1 Å². The topological polar surface area (TPSA) is 38.0 Å². The van der Waals surface area contributed by atoms with E-state index < -0.39 is 0 Å². The number of benzene rings is 1. The van der Waals surface area contributed by atoms with Gasteiger partial charge in [0, 0.05) is 11.2 Å². The Balaban J connectivity index is 1.67. The number of nitrogens with one attached hydrogen (secondary N) is 1. The molecule has 2 nitrogen and oxygen atoms in total. The van der Waals surface area contributed by atoms with Crippen molar-refractivity contribution in [2.75, 3.05) is 12.3 Å². The highest BCUT2D eigenvalue weighted by Crippen LogP contribution is 2.34. The van der Waals surface area contributed by atoms with Crippen LogP contribution in [0.2, 0.25) is 0 Å². The van der Waals surface area contributed by atoms with Crippen molar-refractivity contribution >= 4 is 5.69 Å². The lowest BCUT2D eigenvalue weighted by molar-refractivity contribution is 0.526. The fourth-order valence-corrected chi connectivity index (χ4v) is 1.73. The summed E-state index contributed by atoms with van der Waals surface area (Å²) >= 11 is 0. The highest BCUT2D eigenvalue weighted by atomic mass is 15.0. The number of anilines is 1. The summed E-state index contributed by atoms with van der Waals surface area (Å²) in [5, 5.41) is 3.59. The monoisotopic (exact) mass is 204 g/mol. The zero-order valence-electron chi connectivity index (χ0n) is 9.42. The van der Waals surface area contributed by atoms with Crippen LogP contribution in [0.25, 0.3) is 0 Å². The van der Waals surface area contributed by atoms with Crippen LogP contribution < -0.4 is 11.1 Å². The number of aryl methyl sites for hydroxylation is 1. The second kappa shape index (κ2) is 4.23. The Labute approximate surface area is 91.9 Å². The van der Waals surface area contributed by atoms with E-state index in [0.29, 0.717) is 5.54 Å². The van der Waals surface area contributed by atoms with Gasteiger partial charge in [-0.05, 0) is 56.8 Å². The van der Waals surface area contributed by atoms with Gasteiger partial charge in [-0.3, -0.25) is 0 Å². The molecule has 82 valence electrons. The molecule has 2 rings (SSSR count). The molecule has 0 amide bonds. The molecule has 0 unspecified atom stereocenters. The molecular formula is C13H20N2. The second-order valence-electron chi connectivity index (χ2n) is 4.83. The maximum atomic E-state index is 5.63. The molecule has 0 aromatic heterocycles. The van der Waals surface area contributed by atoms with Gasteiger partial charge in [-0.25, -0.2) is 0 Å². The zero-order valence-corrected chi connectivity index (χ0v) is 9.42. The Kier molecular flexibility index (Phi) is 2.96. The highest BCUT2D eigenvalue weighted by molar-refractivity contribution is 5.39. The van der Waals surface area contributed by atoms with Gasteiger partial charge in [-0.2, -0.15) is 0 Å². The van der Waals surface area contributed by atoms with E-state index in [0.717, 1.165) is 18.7 Å². The van der Waals surface area contributed by atoms with Crippen molar-refractivity contribution in [3.63, 3.8) is 0 Å². The maximum absolute atomic E-state index is 5.63. The molecule has 1 aliphatic rings. The molecule has 1 aliphatic carbocycles. The summed E-state index contributed by atoms with van der Waals surface area (Å²) < 4.78 is 0. The van der Waals surface area contributed by atoms with Crippen LogP contribution in [0.1, 0.15) is 31.7 Å². The average molecular weight is 204 g/mol. The average Bonchev–Trinajstić information content (AvgIpc) is 2.95. The van der Waals surface area contributed by atoms with Crippen LogP contribution in [0, 0.1) is 0 Å². The van der Waals surface area contributed by atoms with Crippen LogP contribution in [0.15, 0.2) is 24.3 Å². The Morgan fingerprint density at radius 1 is 1.27 bits per heavy atom. The minimum atomic E-state index is 0.473. The molecule has 0 heterocycles. The lowest BCUT2D eigenvalue weighted by atomic mass is 10.1. The Morgan fingerprint density at radius 3 is 2.53 bits per heavy atom. The highest BCUT2D eigenvalue weighted by Gasteiger charge is 2.35. The number of rotatable bonds is 5. The molecule has 0 saturated heterocycles. The number of nitrogens with two attached hydrogens (primary N) is 1. The van der Waals surface area contributed by atoms with E-state index in [2.05, 4.69) is 24.4 Å². The van der Waals surface area contributed by atoms with Crippen molar-refractivity contribution in [3.8, 4) is 0 Å². The van der Waals surface area contributed by atoms with Crippen molar-refractivity contribution in [2.45, 2.75) is 38.1 Å². The fourth-order valence-electron chi connectivity index (χ4n) is 1.73. The summed E-state index contributed by atoms with van der Waals surface area (Å²) in [6, 6.07) is 8.19. The minimum Gasteiger partial charge on any atom is -0.399 e. The van der Waals surface area contributed by atoms with E-state index in [-0.39, 0.29) is 0 Å². The van der Waals surface area contributed by atoms with Crippen LogP contribution in [-0.4, -0.2) is 12.1 Å². The number of nitrogen functional groups attached to an aromatic ring is 1. The molecule has 3 N–H and O–H groups in total. The standard InChI is InChI=1S/C13H20N2/c1-13(8-9-13)15-10-2-3-11-4-6-12(14)7-5-11/h4-7,15H,2-3,8-10,14H2,1H3. The van der Waals surface area contributed by atoms with Gasteiger partial charge in [0.05, 0.1) is 0 Å². The minimum absolute atomic E-state index is 0.473. The summed E-state index contributed by atoms with van der Waals surface area (Å²) in [4.78, 5) is 0. The van der Waals surface area contributed by atoms with Crippen LogP contribution in [0.4, 0.5) is 5.69 Å². The Bertz CT molecular complexity index is 312. The molecule has 15 heavy (non-hydrogen) atoms. The molecule has 1 aromatic carbocycles. The van der Waals surface area contributed by atoms with Crippen LogP contribution in [0.5, 0.6) is 0 Å².